The van der Waals surface area contributed by atoms with Gasteiger partial charge in [0.25, 0.3) is 0 Å². The van der Waals surface area contributed by atoms with E-state index in [1.807, 2.05) is 0 Å². The minimum Gasteiger partial charge on any atom is -0.431 e. The van der Waals surface area contributed by atoms with E-state index in [4.69, 9.17) is 126 Å². The zero-order chi connectivity index (χ0) is 69.0. The summed E-state index contributed by atoms with van der Waals surface area (Å²) in [7, 11) is 0. The lowest BCUT2D eigenvalue weighted by Gasteiger charge is -2.36. The van der Waals surface area contributed by atoms with Crippen LogP contribution in [0, 0.1) is 16.2 Å². The molecule has 0 aliphatic carbocycles. The van der Waals surface area contributed by atoms with Crippen LogP contribution < -0.4 is 0 Å². The van der Waals surface area contributed by atoms with Gasteiger partial charge in [-0.3, -0.25) is 39.1 Å². The van der Waals surface area contributed by atoms with Gasteiger partial charge in [0.05, 0.1) is 42.7 Å². The van der Waals surface area contributed by atoms with Crippen LogP contribution in [0.15, 0.2) is 0 Å². The number of rotatable bonds is 32. The van der Waals surface area contributed by atoms with Crippen molar-refractivity contribution in [1.82, 2.24) is 0 Å². The highest BCUT2D eigenvalue weighted by Crippen LogP contribution is 2.30. The van der Waals surface area contributed by atoms with Gasteiger partial charge in [-0.1, -0.05) is 0 Å². The van der Waals surface area contributed by atoms with E-state index in [-0.39, 0.29) is 0 Å². The van der Waals surface area contributed by atoms with Crippen molar-refractivity contribution in [2.75, 3.05) is 79.3 Å². The molecule has 0 heterocycles. The Bertz CT molecular complexity index is 1860. The van der Waals surface area contributed by atoms with Crippen molar-refractivity contribution in [3.05, 3.63) is 0 Å². The summed E-state index contributed by atoms with van der Waals surface area (Å²) < 4.78 is 55.9. The summed E-state index contributed by atoms with van der Waals surface area (Å²) in [4.78, 5) is 184. The Labute approximate surface area is 518 Å². The number of hydrogen-bond donors (Lipinski definition) is 0. The van der Waals surface area contributed by atoms with Gasteiger partial charge in [0.1, 0.15) is 97.7 Å². The summed E-state index contributed by atoms with van der Waals surface area (Å²) in [6.45, 7) is 26.2. The molecule has 34 heteroatoms. The van der Waals surface area contributed by atoms with E-state index in [0.29, 0.717) is 0 Å². The second-order valence-electron chi connectivity index (χ2n) is 28.0. The van der Waals surface area contributed by atoms with Crippen molar-refractivity contribution >= 4 is 49.2 Å². The average molecular weight is 1300 g/mol. The molecule has 0 aliphatic heterocycles. The first-order valence-electron chi connectivity index (χ1n) is 27.6. The van der Waals surface area contributed by atoms with Crippen LogP contribution in [0.1, 0.15) is 166 Å². The predicted octanol–water partition coefficient (Wildman–Crippen LogP) is 11.0. The van der Waals surface area contributed by atoms with Crippen LogP contribution in [0.5, 0.6) is 0 Å². The van der Waals surface area contributed by atoms with Crippen LogP contribution >= 0.6 is 0 Å². The smallest absolute Gasteiger partial charge is 0.431 e. The Balaban J connectivity index is 8.32. The Morgan fingerprint density at radius 2 is 0.281 bits per heavy atom. The highest BCUT2D eigenvalue weighted by Gasteiger charge is 2.44. The predicted molar refractivity (Wildman–Crippen MR) is 295 cm³/mol. The molecule has 0 amide bonds. The molecule has 0 saturated carbocycles. The van der Waals surface area contributed by atoms with Crippen LogP contribution in [0.2, 0.25) is 0 Å². The molecule has 0 fully saturated rings. The maximum Gasteiger partial charge on any atom is 0.540 e. The molecule has 0 N–H and O–H groups in total. The molecule has 0 atom stereocenters. The molecule has 0 radical (unpaired) electrons. The standard InChI is InChI=1S/C55H96O34/c1-45(2,3)82-74-37(56)66-29-53(30-67-38(57)75-83-46(4,5)6,25-64-27-54(31-68-39(58)76-84-47(7,8)9,32-69-40(59)77-85-48(10,11)12)33-70-41(60)78-86-49(13,14)15)26-65-28-55(34-71-42(61)79-87-50(16,17)18,35-72-43(62)80-88-51(19,20)21)36-73-44(63)81-89-52(22,23)24/h25-36H2,1-24H3. The first-order valence-corrected chi connectivity index (χ1v) is 27.6. The van der Waals surface area contributed by atoms with Crippen molar-refractivity contribution < 1.29 is 164 Å². The lowest BCUT2D eigenvalue weighted by Crippen LogP contribution is -2.48. The Morgan fingerprint density at radius 3 is 0.382 bits per heavy atom. The largest absolute Gasteiger partial charge is 0.540 e. The summed E-state index contributed by atoms with van der Waals surface area (Å²) in [6.07, 6.45) is -11.7. The van der Waals surface area contributed by atoms with Gasteiger partial charge in [0, 0.05) is 0 Å². The Hall–Kier alpha value is -6.24. The molecule has 0 aromatic rings. The van der Waals surface area contributed by atoms with Gasteiger partial charge in [0.2, 0.25) is 0 Å². The molecule has 0 saturated heterocycles. The van der Waals surface area contributed by atoms with E-state index in [1.54, 1.807) is 125 Å². The van der Waals surface area contributed by atoms with Crippen LogP contribution in [0.4, 0.5) is 38.4 Å². The molecule has 34 nitrogen and oxygen atoms in total. The van der Waals surface area contributed by atoms with E-state index in [2.05, 4.69) is 0 Å². The number of carbonyl (C=O) groups excluding carboxylic acids is 8. The summed E-state index contributed by atoms with van der Waals surface area (Å²) in [5.74, 6) is 0. The Kier molecular flexibility index (Phi) is 33.4. The van der Waals surface area contributed by atoms with Gasteiger partial charge >= 0.3 is 49.2 Å². The van der Waals surface area contributed by atoms with E-state index < -0.39 is 190 Å². The van der Waals surface area contributed by atoms with Gasteiger partial charge in [-0.25, -0.2) is 38.4 Å². The summed E-state index contributed by atoms with van der Waals surface area (Å²) in [6, 6.07) is 0. The van der Waals surface area contributed by atoms with Gasteiger partial charge in [-0.05, 0) is 166 Å². The third kappa shape index (κ3) is 46.5. The first-order chi connectivity index (χ1) is 40.2. The first kappa shape index (κ1) is 82.8. The minimum absolute atomic E-state index is 0.853. The molecular formula is C55H96O34. The summed E-state index contributed by atoms with van der Waals surface area (Å²) >= 11 is 0. The third-order valence-electron chi connectivity index (χ3n) is 8.48. The zero-order valence-corrected chi connectivity index (χ0v) is 55.9. The molecular weight excluding hydrogens is 1200 g/mol. The second kappa shape index (κ2) is 36.0. The highest BCUT2D eigenvalue weighted by atomic mass is 17.3. The zero-order valence-electron chi connectivity index (χ0n) is 55.9. The molecule has 0 aliphatic rings. The highest BCUT2D eigenvalue weighted by molar-refractivity contribution is 5.62. The molecule has 0 bridgehead atoms. The lowest BCUT2D eigenvalue weighted by molar-refractivity contribution is -0.319. The van der Waals surface area contributed by atoms with E-state index in [1.165, 1.54) is 41.5 Å². The average Bonchev–Trinajstić information content (AvgIpc) is 3.38. The van der Waals surface area contributed by atoms with E-state index in [0.717, 1.165) is 0 Å². The maximum absolute atomic E-state index is 13.3. The fourth-order valence-corrected chi connectivity index (χ4v) is 4.88. The topological polar surface area (TPSA) is 377 Å². The summed E-state index contributed by atoms with van der Waals surface area (Å²) in [5.41, 5.74) is -14.7. The fraction of sp³-hybridized carbons (Fsp3) is 0.855. The van der Waals surface area contributed by atoms with Crippen LogP contribution in [0.3, 0.4) is 0 Å². The van der Waals surface area contributed by atoms with Crippen LogP contribution in [-0.4, -0.2) is 173 Å². The van der Waals surface area contributed by atoms with Crippen LogP contribution in [0.25, 0.3) is 0 Å². The normalized spacial score (nSPS) is 12.9. The molecule has 0 rings (SSSR count). The number of hydrogen-bond acceptors (Lipinski definition) is 34. The minimum atomic E-state index is -2.10. The Morgan fingerprint density at radius 1 is 0.180 bits per heavy atom. The van der Waals surface area contributed by atoms with Crippen LogP contribution in [-0.2, 0) is 126 Å². The molecule has 0 spiro atoms. The van der Waals surface area contributed by atoms with Crippen molar-refractivity contribution in [1.29, 1.82) is 0 Å². The van der Waals surface area contributed by atoms with Crippen molar-refractivity contribution in [3.63, 3.8) is 0 Å². The number of carbonyl (C=O) groups is 8. The SMILES string of the molecule is CC(C)(C)OOC(=O)OCC(COCC(COC(=O)OOC(C)(C)C)(COC(=O)OOC(C)(C)C)COC(=O)OOC(C)(C)C)(COCC(COC(=O)OOC(C)(C)C)(COC(=O)OOC(C)(C)C)COC(=O)OOC(C)(C)C)COC(=O)OOC(C)(C)C. The monoisotopic (exact) mass is 1300 g/mol. The molecule has 520 valence electrons. The van der Waals surface area contributed by atoms with Gasteiger partial charge in [-0.2, -0.15) is 39.1 Å². The van der Waals surface area contributed by atoms with Crippen molar-refractivity contribution in [3.8, 4) is 0 Å². The van der Waals surface area contributed by atoms with Gasteiger partial charge in [-0.15, -0.1) is 0 Å². The maximum atomic E-state index is 13.3. The third-order valence-corrected chi connectivity index (χ3v) is 8.48. The fourth-order valence-electron chi connectivity index (χ4n) is 4.88. The van der Waals surface area contributed by atoms with Crippen molar-refractivity contribution in [2.24, 2.45) is 16.2 Å². The quantitative estimate of drug-likeness (QED) is 0.0261. The second-order valence-corrected chi connectivity index (χ2v) is 28.0. The molecule has 0 aromatic carbocycles. The lowest BCUT2D eigenvalue weighted by atomic mass is 9.89. The number of ether oxygens (including phenoxy) is 10. The van der Waals surface area contributed by atoms with E-state index in [9.17, 15) is 38.4 Å². The summed E-state index contributed by atoms with van der Waals surface area (Å²) in [5, 5.41) is 0. The van der Waals surface area contributed by atoms with Gasteiger partial charge < -0.3 is 47.4 Å². The molecule has 89 heavy (non-hydrogen) atoms. The van der Waals surface area contributed by atoms with E-state index >= 15 is 0 Å². The molecule has 0 unspecified atom stereocenters. The van der Waals surface area contributed by atoms with Crippen molar-refractivity contribution in [2.45, 2.75) is 211 Å². The van der Waals surface area contributed by atoms with Gasteiger partial charge in [0.15, 0.2) is 0 Å². The molecule has 0 aromatic heterocycles.